The van der Waals surface area contributed by atoms with Crippen LogP contribution in [0, 0.1) is 13.8 Å². The topological polar surface area (TPSA) is 82.9 Å². The fraction of sp³-hybridized carbons (Fsp3) is 0.269. The highest BCUT2D eigenvalue weighted by molar-refractivity contribution is 7.89. The third kappa shape index (κ3) is 5.58. The number of hydrogen-bond acceptors (Lipinski definition) is 5. The number of benzene rings is 2. The summed E-state index contributed by atoms with van der Waals surface area (Å²) in [5.74, 6) is 0.494. The number of furan rings is 1. The van der Waals surface area contributed by atoms with Gasteiger partial charge in [-0.3, -0.25) is 4.79 Å². The van der Waals surface area contributed by atoms with E-state index in [1.807, 2.05) is 4.90 Å². The van der Waals surface area contributed by atoms with Gasteiger partial charge in [-0.15, -0.1) is 0 Å². The zero-order chi connectivity index (χ0) is 24.1. The molecule has 1 amide bonds. The minimum Gasteiger partial charge on any atom is -0.468 e. The Morgan fingerprint density at radius 2 is 1.74 bits per heavy atom. The Balaban J connectivity index is 1.31. The lowest BCUT2D eigenvalue weighted by molar-refractivity contribution is -0.126. The summed E-state index contributed by atoms with van der Waals surface area (Å²) in [7, 11) is -3.65. The molecule has 1 saturated heterocycles. The molecule has 0 radical (unpaired) electrons. The number of aryl methyl sites for hydroxylation is 1. The molecule has 0 saturated carbocycles. The predicted octanol–water partition coefficient (Wildman–Crippen LogP) is 3.74. The summed E-state index contributed by atoms with van der Waals surface area (Å²) in [5.41, 5.74) is 4.54. The molecule has 2 aromatic carbocycles. The highest BCUT2D eigenvalue weighted by Crippen LogP contribution is 2.24. The van der Waals surface area contributed by atoms with E-state index in [0.717, 1.165) is 18.7 Å². The number of carbonyl (C=O) groups is 1. The van der Waals surface area contributed by atoms with Gasteiger partial charge in [-0.05, 0) is 66.9 Å². The number of anilines is 1. The quantitative estimate of drug-likeness (QED) is 0.522. The Labute approximate surface area is 200 Å². The molecule has 0 aliphatic carbocycles. The SMILES string of the molecule is Cc1cccc(N2CCN(C(=O)/C=C/c3ccc(S(=O)(=O)NCc4ccco4)cc3)CC2)c1C. The van der Waals surface area contributed by atoms with Crippen LogP contribution >= 0.6 is 0 Å². The van der Waals surface area contributed by atoms with Gasteiger partial charge in [-0.25, -0.2) is 13.1 Å². The normalized spacial score (nSPS) is 14.6. The van der Waals surface area contributed by atoms with Gasteiger partial charge in [0.05, 0.1) is 17.7 Å². The fourth-order valence-electron chi connectivity index (χ4n) is 3.94. The molecule has 178 valence electrons. The lowest BCUT2D eigenvalue weighted by Gasteiger charge is -2.36. The van der Waals surface area contributed by atoms with Crippen LogP contribution in [-0.2, 0) is 21.4 Å². The van der Waals surface area contributed by atoms with E-state index in [4.69, 9.17) is 4.42 Å². The van der Waals surface area contributed by atoms with Crippen LogP contribution in [0.4, 0.5) is 5.69 Å². The van der Waals surface area contributed by atoms with Crippen molar-refractivity contribution in [3.8, 4) is 0 Å². The summed E-state index contributed by atoms with van der Waals surface area (Å²) in [4.78, 5) is 17.0. The summed E-state index contributed by atoms with van der Waals surface area (Å²) in [6.45, 7) is 7.24. The molecule has 1 fully saturated rings. The molecule has 34 heavy (non-hydrogen) atoms. The standard InChI is InChI=1S/C26H29N3O4S/c1-20-5-3-7-25(21(20)2)28-14-16-29(17-15-28)26(30)13-10-22-8-11-24(12-9-22)34(31,32)27-19-23-6-4-18-33-23/h3-13,18,27H,14-17,19H2,1-2H3/b13-10+. The molecular formula is C26H29N3O4S. The highest BCUT2D eigenvalue weighted by Gasteiger charge is 2.21. The molecule has 3 aromatic rings. The van der Waals surface area contributed by atoms with Crippen molar-refractivity contribution in [2.24, 2.45) is 0 Å². The minimum absolute atomic E-state index is 0.0440. The molecule has 4 rings (SSSR count). The third-order valence-electron chi connectivity index (χ3n) is 6.13. The number of nitrogens with zero attached hydrogens (tertiary/aromatic N) is 2. The molecule has 8 heteroatoms. The van der Waals surface area contributed by atoms with Crippen LogP contribution in [-0.4, -0.2) is 45.4 Å². The minimum atomic E-state index is -3.65. The first-order valence-corrected chi connectivity index (χ1v) is 12.7. The molecule has 0 bridgehead atoms. The second-order valence-corrected chi connectivity index (χ2v) is 10.1. The van der Waals surface area contributed by atoms with Gasteiger partial charge < -0.3 is 14.2 Å². The molecule has 1 aromatic heterocycles. The Bertz CT molecular complexity index is 1260. The van der Waals surface area contributed by atoms with E-state index in [2.05, 4.69) is 41.7 Å². The summed E-state index contributed by atoms with van der Waals surface area (Å²) in [5, 5.41) is 0. The fourth-order valence-corrected chi connectivity index (χ4v) is 4.93. The Morgan fingerprint density at radius 3 is 2.41 bits per heavy atom. The maximum absolute atomic E-state index is 12.7. The van der Waals surface area contributed by atoms with Gasteiger partial charge in [0.15, 0.2) is 0 Å². The molecule has 0 unspecified atom stereocenters. The second kappa shape index (κ2) is 10.3. The van der Waals surface area contributed by atoms with E-state index >= 15 is 0 Å². The molecular weight excluding hydrogens is 450 g/mol. The maximum Gasteiger partial charge on any atom is 0.246 e. The van der Waals surface area contributed by atoms with Crippen molar-refractivity contribution in [3.05, 3.63) is 89.4 Å². The van der Waals surface area contributed by atoms with Gasteiger partial charge in [0.25, 0.3) is 0 Å². The van der Waals surface area contributed by atoms with Crippen LogP contribution in [0.5, 0.6) is 0 Å². The summed E-state index contributed by atoms with van der Waals surface area (Å²) in [6.07, 6.45) is 4.76. The van der Waals surface area contributed by atoms with Crippen molar-refractivity contribution in [1.29, 1.82) is 0 Å². The van der Waals surface area contributed by atoms with E-state index in [-0.39, 0.29) is 17.3 Å². The van der Waals surface area contributed by atoms with Crippen LogP contribution < -0.4 is 9.62 Å². The number of sulfonamides is 1. The first-order chi connectivity index (χ1) is 16.3. The van der Waals surface area contributed by atoms with Crippen molar-refractivity contribution in [1.82, 2.24) is 9.62 Å². The summed E-state index contributed by atoms with van der Waals surface area (Å²) in [6, 6.07) is 16.2. The number of nitrogens with one attached hydrogen (secondary N) is 1. The van der Waals surface area contributed by atoms with Gasteiger partial charge in [-0.1, -0.05) is 24.3 Å². The average Bonchev–Trinajstić information content (AvgIpc) is 3.37. The van der Waals surface area contributed by atoms with Gasteiger partial charge >= 0.3 is 0 Å². The van der Waals surface area contributed by atoms with Crippen LogP contribution in [0.1, 0.15) is 22.5 Å². The monoisotopic (exact) mass is 479 g/mol. The van der Waals surface area contributed by atoms with E-state index in [9.17, 15) is 13.2 Å². The van der Waals surface area contributed by atoms with Gasteiger partial charge in [0, 0.05) is 37.9 Å². The number of rotatable bonds is 7. The Morgan fingerprint density at radius 1 is 1.00 bits per heavy atom. The van der Waals surface area contributed by atoms with Crippen molar-refractivity contribution in [2.75, 3.05) is 31.1 Å². The van der Waals surface area contributed by atoms with Crippen molar-refractivity contribution < 1.29 is 17.6 Å². The second-order valence-electron chi connectivity index (χ2n) is 8.34. The average molecular weight is 480 g/mol. The summed E-state index contributed by atoms with van der Waals surface area (Å²) >= 11 is 0. The van der Waals surface area contributed by atoms with Crippen molar-refractivity contribution >= 4 is 27.7 Å². The van der Waals surface area contributed by atoms with Gasteiger partial charge in [-0.2, -0.15) is 0 Å². The first kappa shape index (κ1) is 23.8. The first-order valence-electron chi connectivity index (χ1n) is 11.2. The Hall–Kier alpha value is -3.36. The lowest BCUT2D eigenvalue weighted by Crippen LogP contribution is -2.48. The molecule has 1 N–H and O–H groups in total. The number of piperazine rings is 1. The Kier molecular flexibility index (Phi) is 7.19. The molecule has 7 nitrogen and oxygen atoms in total. The van der Waals surface area contributed by atoms with Gasteiger partial charge in [0.2, 0.25) is 15.9 Å². The van der Waals surface area contributed by atoms with E-state index < -0.39 is 10.0 Å². The number of amides is 1. The smallest absolute Gasteiger partial charge is 0.246 e. The number of carbonyl (C=O) groups excluding carboxylic acids is 1. The zero-order valence-corrected chi connectivity index (χ0v) is 20.2. The molecule has 0 spiro atoms. The molecule has 2 heterocycles. The van der Waals surface area contributed by atoms with Crippen molar-refractivity contribution in [3.63, 3.8) is 0 Å². The zero-order valence-electron chi connectivity index (χ0n) is 19.4. The molecule has 1 aliphatic rings. The summed E-state index contributed by atoms with van der Waals surface area (Å²) < 4.78 is 32.5. The van der Waals surface area contributed by atoms with Crippen molar-refractivity contribution in [2.45, 2.75) is 25.3 Å². The number of hydrogen-bond donors (Lipinski definition) is 1. The van der Waals surface area contributed by atoms with Crippen LogP contribution in [0.3, 0.4) is 0 Å². The molecule has 0 atom stereocenters. The largest absolute Gasteiger partial charge is 0.468 e. The predicted molar refractivity (Wildman–Crippen MR) is 133 cm³/mol. The van der Waals surface area contributed by atoms with Gasteiger partial charge in [0.1, 0.15) is 5.76 Å². The maximum atomic E-state index is 12.7. The van der Waals surface area contributed by atoms with Crippen LogP contribution in [0.25, 0.3) is 6.08 Å². The molecule has 1 aliphatic heterocycles. The van der Waals surface area contributed by atoms with Crippen LogP contribution in [0.15, 0.2) is 76.2 Å². The van der Waals surface area contributed by atoms with Crippen LogP contribution in [0.2, 0.25) is 0 Å². The van der Waals surface area contributed by atoms with E-state index in [0.29, 0.717) is 18.8 Å². The highest BCUT2D eigenvalue weighted by atomic mass is 32.2. The lowest BCUT2D eigenvalue weighted by atomic mass is 10.1. The van der Waals surface area contributed by atoms with E-state index in [1.54, 1.807) is 36.4 Å². The van der Waals surface area contributed by atoms with E-state index in [1.165, 1.54) is 35.2 Å². The third-order valence-corrected chi connectivity index (χ3v) is 7.55.